The third-order valence-electron chi connectivity index (χ3n) is 16.0. The van der Waals surface area contributed by atoms with E-state index in [2.05, 4.69) is 11.9 Å². The zero-order valence-electron chi connectivity index (χ0n) is 47.0. The lowest BCUT2D eigenvalue weighted by Crippen LogP contribution is -2.42. The molecule has 0 amide bonds. The van der Waals surface area contributed by atoms with Crippen molar-refractivity contribution in [3.63, 3.8) is 0 Å². The van der Waals surface area contributed by atoms with E-state index in [0.717, 1.165) is 24.8 Å². The van der Waals surface area contributed by atoms with Crippen molar-refractivity contribution in [2.75, 3.05) is 13.2 Å². The molecular formula is C57H107N3O16. The molecule has 0 bridgehead atoms. The zero-order valence-corrected chi connectivity index (χ0v) is 47.0. The molecule has 0 aromatic heterocycles. The van der Waals surface area contributed by atoms with Crippen molar-refractivity contribution >= 4 is 11.9 Å². The first-order chi connectivity index (χ1) is 35.9. The van der Waals surface area contributed by atoms with E-state index in [1.807, 2.05) is 33.8 Å². The lowest BCUT2D eigenvalue weighted by Gasteiger charge is -2.34. The summed E-state index contributed by atoms with van der Waals surface area (Å²) in [6.07, 6.45) is -3.15. The molecule has 0 aromatic rings. The molecule has 19 heteroatoms. The van der Waals surface area contributed by atoms with Crippen LogP contribution in [-0.4, -0.2) is 183 Å². The standard InChI is InChI=1S/C57H107N3O16/c1-7-8-9-10-21-45-51(71)35(3)24-25-40(63)19-13-18-39(62)20-14-22-47(68)36(4)28-46(55-53(73)52(72)50(33-61)75-55)49(70)32-44(67)31-43(66)30-42(65)29-41(64)17-12-11-16-34(2)27-37(5)54(76-56(45)74)38(6)48(69)23-15-26-60-57(58)59/h27-28,35,37-55,61-73H,7-26,29-33H2,1-6H3,(H4,58,59,60)/b34-27+,36-28+/t35?,37?,38?,39?,40?,41?,42?,43?,44?,45?,46?,47?,48?,49?,50-,51?,52-,53+,54?,55-/m1/s1. The van der Waals surface area contributed by atoms with Gasteiger partial charge in [-0.05, 0) is 141 Å². The number of esters is 1. The zero-order chi connectivity index (χ0) is 57.1. The largest absolute Gasteiger partial charge is 0.461 e. The first kappa shape index (κ1) is 69.8. The molecule has 2 rings (SSSR count). The molecule has 2 heterocycles. The Morgan fingerprint density at radius 3 is 1.89 bits per heavy atom. The number of ether oxygens (including phenoxy) is 2. The lowest BCUT2D eigenvalue weighted by molar-refractivity contribution is -0.167. The summed E-state index contributed by atoms with van der Waals surface area (Å²) in [6, 6.07) is 0. The fourth-order valence-corrected chi connectivity index (χ4v) is 11.1. The molecule has 0 aliphatic carbocycles. The van der Waals surface area contributed by atoms with Crippen LogP contribution in [0.4, 0.5) is 0 Å². The van der Waals surface area contributed by atoms with Crippen LogP contribution in [0.2, 0.25) is 0 Å². The predicted octanol–water partition coefficient (Wildman–Crippen LogP) is 3.30. The number of carbonyl (C=O) groups is 1. The quantitative estimate of drug-likeness (QED) is 0.0413. The van der Waals surface area contributed by atoms with Crippen LogP contribution in [0, 0.1) is 29.6 Å². The molecule has 0 radical (unpaired) electrons. The molecule has 0 saturated carbocycles. The Balaban J connectivity index is 2.38. The van der Waals surface area contributed by atoms with Crippen LogP contribution in [0.5, 0.6) is 0 Å². The molecule has 2 aliphatic heterocycles. The van der Waals surface area contributed by atoms with Crippen molar-refractivity contribution in [3.05, 3.63) is 23.3 Å². The van der Waals surface area contributed by atoms with Crippen molar-refractivity contribution in [2.45, 2.75) is 281 Å². The van der Waals surface area contributed by atoms with Gasteiger partial charge in [-0.2, -0.15) is 0 Å². The summed E-state index contributed by atoms with van der Waals surface area (Å²) in [5.74, 6) is -3.68. The van der Waals surface area contributed by atoms with Gasteiger partial charge in [0.2, 0.25) is 0 Å². The van der Waals surface area contributed by atoms with Gasteiger partial charge in [0, 0.05) is 24.3 Å². The Morgan fingerprint density at radius 1 is 0.697 bits per heavy atom. The molecule has 20 atom stereocenters. The van der Waals surface area contributed by atoms with Gasteiger partial charge in [-0.25, -0.2) is 0 Å². The molecule has 76 heavy (non-hydrogen) atoms. The predicted molar refractivity (Wildman–Crippen MR) is 292 cm³/mol. The number of cyclic esters (lactones) is 1. The molecule has 2 aliphatic rings. The van der Waals surface area contributed by atoms with E-state index >= 15 is 0 Å². The highest BCUT2D eigenvalue weighted by Gasteiger charge is 2.47. The summed E-state index contributed by atoms with van der Waals surface area (Å²) in [7, 11) is 0. The number of aliphatic imine (C=N–C) groups is 1. The maximum absolute atomic E-state index is 14.4. The van der Waals surface area contributed by atoms with E-state index in [4.69, 9.17) is 20.9 Å². The van der Waals surface area contributed by atoms with Gasteiger partial charge in [0.1, 0.15) is 24.4 Å². The number of nitrogens with zero attached hydrogens (tertiary/aromatic N) is 1. The average Bonchev–Trinajstić information content (AvgIpc) is 3.64. The van der Waals surface area contributed by atoms with Crippen LogP contribution < -0.4 is 11.5 Å². The molecule has 1 saturated heterocycles. The molecule has 1 fully saturated rings. The molecule has 446 valence electrons. The highest BCUT2D eigenvalue weighted by Crippen LogP contribution is 2.34. The van der Waals surface area contributed by atoms with E-state index < -0.39 is 122 Å². The summed E-state index contributed by atoms with van der Waals surface area (Å²) in [4.78, 5) is 18.4. The first-order valence-electron chi connectivity index (χ1n) is 28.9. The summed E-state index contributed by atoms with van der Waals surface area (Å²) in [5, 5.41) is 143. The number of hydrogen-bond acceptors (Lipinski definition) is 17. The molecule has 17 N–H and O–H groups in total. The number of aliphatic hydroxyl groups excluding tert-OH is 13. The molecular weight excluding hydrogens is 983 g/mol. The summed E-state index contributed by atoms with van der Waals surface area (Å²) in [5.41, 5.74) is 12.4. The minimum atomic E-state index is -1.52. The van der Waals surface area contributed by atoms with E-state index in [1.54, 1.807) is 6.92 Å². The van der Waals surface area contributed by atoms with Gasteiger partial charge in [-0.3, -0.25) is 9.79 Å². The maximum atomic E-state index is 14.4. The number of carbonyl (C=O) groups excluding carboxylic acids is 1. The van der Waals surface area contributed by atoms with Gasteiger partial charge < -0.3 is 87.3 Å². The number of rotatable bonds is 13. The molecule has 19 nitrogen and oxygen atoms in total. The summed E-state index contributed by atoms with van der Waals surface area (Å²) in [6.45, 7) is 11.1. The van der Waals surface area contributed by atoms with Crippen molar-refractivity contribution in [2.24, 2.45) is 46.0 Å². The van der Waals surface area contributed by atoms with Crippen LogP contribution in [0.3, 0.4) is 0 Å². The second-order valence-corrected chi connectivity index (χ2v) is 23.0. The monoisotopic (exact) mass is 1090 g/mol. The lowest BCUT2D eigenvalue weighted by atomic mass is 9.83. The fraction of sp³-hybridized carbons (Fsp3) is 0.895. The Labute approximate surface area is 454 Å². The topological polar surface area (TPSA) is 363 Å². The van der Waals surface area contributed by atoms with Crippen molar-refractivity contribution in [1.82, 2.24) is 0 Å². The van der Waals surface area contributed by atoms with E-state index in [1.165, 1.54) is 6.08 Å². The van der Waals surface area contributed by atoms with Gasteiger partial charge in [0.25, 0.3) is 0 Å². The number of aliphatic hydroxyl groups is 13. The van der Waals surface area contributed by atoms with Crippen molar-refractivity contribution < 1.29 is 80.7 Å². The van der Waals surface area contributed by atoms with Crippen LogP contribution in [-0.2, 0) is 14.3 Å². The number of guanidine groups is 1. The average molecular weight is 1090 g/mol. The van der Waals surface area contributed by atoms with Gasteiger partial charge in [0.15, 0.2) is 5.96 Å². The van der Waals surface area contributed by atoms with Crippen LogP contribution in [0.1, 0.15) is 189 Å². The highest BCUT2D eigenvalue weighted by molar-refractivity contribution is 5.75. The highest BCUT2D eigenvalue weighted by atomic mass is 16.6. The Bertz CT molecular complexity index is 1660. The van der Waals surface area contributed by atoms with Gasteiger partial charge >= 0.3 is 5.97 Å². The molecule has 0 spiro atoms. The minimum Gasteiger partial charge on any atom is -0.461 e. The third kappa shape index (κ3) is 26.3. The van der Waals surface area contributed by atoms with Gasteiger partial charge in [0.05, 0.1) is 79.7 Å². The van der Waals surface area contributed by atoms with E-state index in [-0.39, 0.29) is 49.9 Å². The smallest absolute Gasteiger partial charge is 0.311 e. The van der Waals surface area contributed by atoms with Crippen LogP contribution in [0.15, 0.2) is 28.3 Å². The number of unbranched alkanes of at least 4 members (excludes halogenated alkanes) is 3. The van der Waals surface area contributed by atoms with Crippen LogP contribution in [0.25, 0.3) is 0 Å². The normalized spacial score (nSPS) is 38.4. The Hall–Kier alpha value is -2.34. The first-order valence-corrected chi connectivity index (χ1v) is 28.9. The van der Waals surface area contributed by atoms with E-state index in [9.17, 15) is 71.2 Å². The van der Waals surface area contributed by atoms with Crippen molar-refractivity contribution in [1.29, 1.82) is 0 Å². The number of allylic oxidation sites excluding steroid dienone is 1. The van der Waals surface area contributed by atoms with Crippen molar-refractivity contribution in [3.8, 4) is 0 Å². The fourth-order valence-electron chi connectivity index (χ4n) is 11.1. The minimum absolute atomic E-state index is 0.0193. The van der Waals surface area contributed by atoms with E-state index in [0.29, 0.717) is 108 Å². The van der Waals surface area contributed by atoms with Gasteiger partial charge in [-0.1, -0.05) is 77.5 Å². The summed E-state index contributed by atoms with van der Waals surface area (Å²) >= 11 is 0. The number of hydrogen-bond donors (Lipinski definition) is 15. The summed E-state index contributed by atoms with van der Waals surface area (Å²) < 4.78 is 12.2. The maximum Gasteiger partial charge on any atom is 0.311 e. The van der Waals surface area contributed by atoms with Gasteiger partial charge in [-0.15, -0.1) is 0 Å². The Kier molecular flexibility index (Phi) is 34.5. The Morgan fingerprint density at radius 2 is 1.29 bits per heavy atom. The number of nitrogens with two attached hydrogens (primary N) is 2. The molecule has 0 aromatic carbocycles. The SMILES string of the molecule is CCCCCCC1C(=O)OC(C(C)C(O)CCCN=C(N)N)C(C)/C=C(\C)CCCCC(O)CC(O)CC(O)CC(O)CC(O)C([C@H]2O[C@H](CO)[C@@H](O)[C@@H]2O)/C=C(\C)C(O)CCCC(O)CCCC(O)CCC(C)C1O. The second kappa shape index (κ2) is 37.6. The second-order valence-electron chi connectivity index (χ2n) is 23.0. The third-order valence-corrected chi connectivity index (χ3v) is 16.0. The van der Waals surface area contributed by atoms with Crippen LogP contribution >= 0.6 is 0 Å². The molecule has 16 unspecified atom stereocenters.